The zero-order valence-corrected chi connectivity index (χ0v) is 17.9. The molecule has 2 aliphatic heterocycles. The van der Waals surface area contributed by atoms with Crippen LogP contribution in [0.25, 0.3) is 10.6 Å². The van der Waals surface area contributed by atoms with Gasteiger partial charge in [0.15, 0.2) is 0 Å². The summed E-state index contributed by atoms with van der Waals surface area (Å²) in [5.41, 5.74) is 3.38. The summed E-state index contributed by atoms with van der Waals surface area (Å²) in [6.07, 6.45) is 5.89. The zero-order chi connectivity index (χ0) is 20.7. The summed E-state index contributed by atoms with van der Waals surface area (Å²) >= 11 is 1.80. The van der Waals surface area contributed by atoms with Crippen LogP contribution in [-0.2, 0) is 16.8 Å². The predicted molar refractivity (Wildman–Crippen MR) is 114 cm³/mol. The van der Waals surface area contributed by atoms with E-state index in [0.29, 0.717) is 18.7 Å². The third kappa shape index (κ3) is 3.20. The fourth-order valence-corrected chi connectivity index (χ4v) is 5.62. The van der Waals surface area contributed by atoms with E-state index >= 15 is 0 Å². The Balaban J connectivity index is 1.38. The lowest BCUT2D eigenvalue weighted by atomic mass is 9.82. The van der Waals surface area contributed by atoms with Crippen LogP contribution in [0.5, 0.6) is 5.75 Å². The summed E-state index contributed by atoms with van der Waals surface area (Å²) in [5, 5.41) is 6.83. The molecule has 30 heavy (non-hydrogen) atoms. The highest BCUT2D eigenvalue weighted by Crippen LogP contribution is 2.46. The number of nitrogens with zero attached hydrogens (tertiary/aromatic N) is 3. The van der Waals surface area contributed by atoms with Crippen molar-refractivity contribution in [2.75, 3.05) is 26.8 Å². The van der Waals surface area contributed by atoms with Gasteiger partial charge in [-0.2, -0.15) is 5.10 Å². The van der Waals surface area contributed by atoms with Crippen molar-refractivity contribution < 1.29 is 14.3 Å². The SMILES string of the molecule is COc1ccc(-c2cc3c(s2)CCOC32CCN(C(=O)c3cn[nH]c3C)CC2)nc1. The number of amides is 1. The minimum Gasteiger partial charge on any atom is -0.495 e. The molecule has 7 nitrogen and oxygen atoms in total. The Morgan fingerprint density at radius 3 is 2.80 bits per heavy atom. The number of hydrogen-bond acceptors (Lipinski definition) is 6. The first-order valence-corrected chi connectivity index (χ1v) is 11.0. The Hall–Kier alpha value is -2.71. The van der Waals surface area contributed by atoms with Crippen molar-refractivity contribution in [3.8, 4) is 16.3 Å². The van der Waals surface area contributed by atoms with E-state index in [1.807, 2.05) is 24.0 Å². The third-order valence-corrected chi connectivity index (χ3v) is 7.37. The van der Waals surface area contributed by atoms with Crippen LogP contribution in [0, 0.1) is 6.92 Å². The molecule has 1 N–H and O–H groups in total. The summed E-state index contributed by atoms with van der Waals surface area (Å²) in [5.74, 6) is 0.797. The van der Waals surface area contributed by atoms with Crippen molar-refractivity contribution in [2.24, 2.45) is 0 Å². The van der Waals surface area contributed by atoms with Crippen LogP contribution in [-0.4, -0.2) is 52.8 Å². The van der Waals surface area contributed by atoms with Crippen LogP contribution in [0.2, 0.25) is 0 Å². The standard InChI is InChI=1S/C22H24N4O3S/c1-14-16(13-24-25-14)21(27)26-8-6-22(7-9-26)17-11-20(30-19(17)5-10-29-22)18-4-3-15(28-2)12-23-18/h3-4,11-13H,5-10H2,1-2H3,(H,24,25). The van der Waals surface area contributed by atoms with Gasteiger partial charge in [0, 0.05) is 30.1 Å². The maximum atomic E-state index is 12.8. The number of likely N-dealkylation sites (tertiary alicyclic amines) is 1. The molecular formula is C22H24N4O3S. The lowest BCUT2D eigenvalue weighted by Gasteiger charge is -2.44. The average molecular weight is 425 g/mol. The number of H-pyrrole nitrogens is 1. The van der Waals surface area contributed by atoms with Crippen molar-refractivity contribution in [3.05, 3.63) is 52.3 Å². The molecule has 8 heteroatoms. The zero-order valence-electron chi connectivity index (χ0n) is 17.1. The molecule has 0 bridgehead atoms. The Bertz CT molecular complexity index is 1060. The van der Waals surface area contributed by atoms with Crippen molar-refractivity contribution in [3.63, 3.8) is 0 Å². The van der Waals surface area contributed by atoms with E-state index in [-0.39, 0.29) is 11.5 Å². The van der Waals surface area contributed by atoms with Crippen LogP contribution >= 0.6 is 11.3 Å². The van der Waals surface area contributed by atoms with E-state index in [1.165, 1.54) is 10.4 Å². The molecule has 0 aliphatic carbocycles. The molecule has 3 aromatic heterocycles. The van der Waals surface area contributed by atoms with Gasteiger partial charge in [0.25, 0.3) is 5.91 Å². The highest BCUT2D eigenvalue weighted by molar-refractivity contribution is 7.15. The van der Waals surface area contributed by atoms with Crippen LogP contribution in [0.4, 0.5) is 0 Å². The largest absolute Gasteiger partial charge is 0.495 e. The molecule has 2 aliphatic rings. The third-order valence-electron chi connectivity index (χ3n) is 6.15. The van der Waals surface area contributed by atoms with Gasteiger partial charge >= 0.3 is 0 Å². The summed E-state index contributed by atoms with van der Waals surface area (Å²) < 4.78 is 11.6. The molecule has 1 spiro atoms. The van der Waals surface area contributed by atoms with Crippen molar-refractivity contribution in [2.45, 2.75) is 31.8 Å². The summed E-state index contributed by atoms with van der Waals surface area (Å²) in [6, 6.07) is 6.18. The Morgan fingerprint density at radius 1 is 1.30 bits per heavy atom. The van der Waals surface area contributed by atoms with Gasteiger partial charge in [0.05, 0.1) is 47.8 Å². The number of nitrogens with one attached hydrogen (secondary N) is 1. The van der Waals surface area contributed by atoms with E-state index in [2.05, 4.69) is 21.2 Å². The smallest absolute Gasteiger partial charge is 0.257 e. The first-order valence-electron chi connectivity index (χ1n) is 10.2. The number of ether oxygens (including phenoxy) is 2. The average Bonchev–Trinajstić information content (AvgIpc) is 3.41. The van der Waals surface area contributed by atoms with Crippen LogP contribution in [0.1, 0.15) is 39.3 Å². The maximum Gasteiger partial charge on any atom is 0.257 e. The first kappa shape index (κ1) is 19.3. The van der Waals surface area contributed by atoms with E-state index in [0.717, 1.165) is 47.9 Å². The number of rotatable bonds is 3. The number of methoxy groups -OCH3 is 1. The number of aryl methyl sites for hydroxylation is 1. The fourth-order valence-electron chi connectivity index (χ4n) is 4.41. The molecule has 0 unspecified atom stereocenters. The van der Waals surface area contributed by atoms with Gasteiger partial charge < -0.3 is 14.4 Å². The lowest BCUT2D eigenvalue weighted by molar-refractivity contribution is -0.0926. The second-order valence-corrected chi connectivity index (χ2v) is 8.96. The Morgan fingerprint density at radius 2 is 2.13 bits per heavy atom. The molecule has 0 saturated carbocycles. The van der Waals surface area contributed by atoms with Crippen LogP contribution in [0.15, 0.2) is 30.6 Å². The minimum absolute atomic E-state index is 0.0422. The maximum absolute atomic E-state index is 12.8. The van der Waals surface area contributed by atoms with Gasteiger partial charge in [-0.15, -0.1) is 11.3 Å². The number of aromatic amines is 1. The number of pyridine rings is 1. The molecule has 0 radical (unpaired) electrons. The molecule has 0 atom stereocenters. The van der Waals surface area contributed by atoms with Gasteiger partial charge in [0.1, 0.15) is 5.75 Å². The van der Waals surface area contributed by atoms with Gasteiger partial charge in [0.2, 0.25) is 0 Å². The van der Waals surface area contributed by atoms with Crippen molar-refractivity contribution >= 4 is 17.2 Å². The lowest BCUT2D eigenvalue weighted by Crippen LogP contribution is -2.48. The number of fused-ring (bicyclic) bond motifs is 2. The number of carbonyl (C=O) groups excluding carboxylic acids is 1. The topological polar surface area (TPSA) is 80.3 Å². The molecule has 5 heterocycles. The second kappa shape index (κ2) is 7.52. The van der Waals surface area contributed by atoms with Crippen molar-refractivity contribution in [1.82, 2.24) is 20.1 Å². The van der Waals surface area contributed by atoms with Crippen LogP contribution in [0.3, 0.4) is 0 Å². The number of thiophene rings is 1. The molecule has 1 saturated heterocycles. The normalized spacial score (nSPS) is 17.7. The molecule has 1 fully saturated rings. The minimum atomic E-state index is -0.309. The van der Waals surface area contributed by atoms with Gasteiger partial charge in [-0.1, -0.05) is 0 Å². The molecule has 0 aromatic carbocycles. The van der Waals surface area contributed by atoms with Gasteiger partial charge in [-0.05, 0) is 43.5 Å². The van der Waals surface area contributed by atoms with Gasteiger partial charge in [-0.3, -0.25) is 14.9 Å². The Labute approximate surface area is 179 Å². The monoisotopic (exact) mass is 424 g/mol. The number of piperidine rings is 1. The molecular weight excluding hydrogens is 400 g/mol. The quantitative estimate of drug-likeness (QED) is 0.695. The highest BCUT2D eigenvalue weighted by atomic mass is 32.1. The van der Waals surface area contributed by atoms with Gasteiger partial charge in [-0.25, -0.2) is 0 Å². The number of aromatic nitrogens is 3. The molecule has 1 amide bonds. The van der Waals surface area contributed by atoms with Crippen LogP contribution < -0.4 is 4.74 Å². The van der Waals surface area contributed by atoms with Crippen molar-refractivity contribution in [1.29, 1.82) is 0 Å². The van der Waals surface area contributed by atoms with E-state index in [1.54, 1.807) is 30.8 Å². The summed E-state index contributed by atoms with van der Waals surface area (Å²) in [7, 11) is 1.65. The second-order valence-electron chi connectivity index (χ2n) is 7.82. The first-order chi connectivity index (χ1) is 14.6. The number of hydrogen-bond donors (Lipinski definition) is 1. The van der Waals surface area contributed by atoms with E-state index in [4.69, 9.17) is 9.47 Å². The number of carbonyl (C=O) groups is 1. The molecule has 156 valence electrons. The predicted octanol–water partition coefficient (Wildman–Crippen LogP) is 3.55. The highest BCUT2D eigenvalue weighted by Gasteiger charge is 2.43. The molecule has 3 aromatic rings. The summed E-state index contributed by atoms with van der Waals surface area (Å²) in [6.45, 7) is 3.95. The molecule has 5 rings (SSSR count). The fraction of sp³-hybridized carbons (Fsp3) is 0.409. The Kier molecular flexibility index (Phi) is 4.83. The summed E-state index contributed by atoms with van der Waals surface area (Å²) in [4.78, 5) is 21.8. The van der Waals surface area contributed by atoms with E-state index < -0.39 is 0 Å². The van der Waals surface area contributed by atoms with E-state index in [9.17, 15) is 4.79 Å².